The lowest BCUT2D eigenvalue weighted by Crippen LogP contribution is -2.27. The van der Waals surface area contributed by atoms with Crippen molar-refractivity contribution in [3.63, 3.8) is 0 Å². The number of hydrogen-bond acceptors (Lipinski definition) is 4. The number of rotatable bonds is 2. The van der Waals surface area contributed by atoms with Crippen LogP contribution in [0.5, 0.6) is 0 Å². The third-order valence-electron chi connectivity index (χ3n) is 3.53. The van der Waals surface area contributed by atoms with Crippen LogP contribution in [-0.4, -0.2) is 20.7 Å². The van der Waals surface area contributed by atoms with Crippen LogP contribution in [0.3, 0.4) is 0 Å². The zero-order chi connectivity index (χ0) is 18.4. The van der Waals surface area contributed by atoms with Gasteiger partial charge in [-0.15, -0.1) is 0 Å². The van der Waals surface area contributed by atoms with Gasteiger partial charge in [-0.2, -0.15) is 9.78 Å². The summed E-state index contributed by atoms with van der Waals surface area (Å²) in [5, 5.41) is 7.97. The fourth-order valence-electron chi connectivity index (χ4n) is 2.22. The van der Waals surface area contributed by atoms with Gasteiger partial charge < -0.3 is 5.32 Å². The summed E-state index contributed by atoms with van der Waals surface area (Å²) in [5.41, 5.74) is 0.842. The molecule has 25 heavy (non-hydrogen) atoms. The monoisotopic (exact) mass is 380 g/mol. The summed E-state index contributed by atoms with van der Waals surface area (Å²) >= 11 is 12.0. The standard InChI is InChI=1S/C17H15Cl2FN4O/c1-17(2,3)16(25)24-15-9(8-21-24)6-13(14(19)23-15)22-10-4-5-12(20)11(18)7-10/h4-8,22H,1-3H3. The lowest BCUT2D eigenvalue weighted by molar-refractivity contribution is 0.0754. The first-order chi connectivity index (χ1) is 11.7. The second kappa shape index (κ2) is 6.28. The summed E-state index contributed by atoms with van der Waals surface area (Å²) in [6.45, 7) is 5.41. The van der Waals surface area contributed by atoms with Gasteiger partial charge in [0.15, 0.2) is 10.8 Å². The van der Waals surface area contributed by atoms with Crippen LogP contribution in [0.15, 0.2) is 30.5 Å². The molecule has 0 unspecified atom stereocenters. The third kappa shape index (κ3) is 3.45. The number of carbonyl (C=O) groups is 1. The van der Waals surface area contributed by atoms with E-state index in [0.717, 1.165) is 0 Å². The van der Waals surface area contributed by atoms with Crippen LogP contribution in [0.1, 0.15) is 25.6 Å². The van der Waals surface area contributed by atoms with Crippen molar-refractivity contribution in [1.29, 1.82) is 0 Å². The molecule has 0 aliphatic rings. The van der Waals surface area contributed by atoms with E-state index in [4.69, 9.17) is 23.2 Å². The second-order valence-corrected chi connectivity index (χ2v) is 7.37. The second-order valence-electron chi connectivity index (χ2n) is 6.60. The van der Waals surface area contributed by atoms with Crippen LogP contribution in [0.4, 0.5) is 15.8 Å². The molecule has 8 heteroatoms. The Morgan fingerprint density at radius 3 is 2.60 bits per heavy atom. The molecule has 0 aliphatic carbocycles. The number of anilines is 2. The molecule has 0 atom stereocenters. The molecule has 5 nitrogen and oxygen atoms in total. The largest absolute Gasteiger partial charge is 0.353 e. The Kier molecular flexibility index (Phi) is 4.43. The van der Waals surface area contributed by atoms with Gasteiger partial charge in [0.2, 0.25) is 0 Å². The van der Waals surface area contributed by atoms with Crippen LogP contribution in [0.2, 0.25) is 10.2 Å². The quantitative estimate of drug-likeness (QED) is 0.612. The first kappa shape index (κ1) is 17.6. The van der Waals surface area contributed by atoms with Crippen LogP contribution in [0, 0.1) is 11.2 Å². The molecule has 0 aliphatic heterocycles. The van der Waals surface area contributed by atoms with Crippen molar-refractivity contribution >= 4 is 51.5 Å². The fourth-order valence-corrected chi connectivity index (χ4v) is 2.58. The third-order valence-corrected chi connectivity index (χ3v) is 4.11. The van der Waals surface area contributed by atoms with Crippen LogP contribution < -0.4 is 5.32 Å². The highest BCUT2D eigenvalue weighted by atomic mass is 35.5. The number of halogens is 3. The molecule has 1 aromatic carbocycles. The molecule has 0 saturated carbocycles. The number of hydrogen-bond donors (Lipinski definition) is 1. The van der Waals surface area contributed by atoms with E-state index in [1.165, 1.54) is 22.9 Å². The summed E-state index contributed by atoms with van der Waals surface area (Å²) in [4.78, 5) is 16.7. The topological polar surface area (TPSA) is 59.8 Å². The number of aromatic nitrogens is 3. The first-order valence-corrected chi connectivity index (χ1v) is 8.23. The minimum atomic E-state index is -0.602. The number of nitrogens with zero attached hydrogens (tertiary/aromatic N) is 3. The number of nitrogens with one attached hydrogen (secondary N) is 1. The molecule has 0 amide bonds. The highest BCUT2D eigenvalue weighted by molar-refractivity contribution is 6.33. The summed E-state index contributed by atoms with van der Waals surface area (Å²) in [5.74, 6) is -0.689. The molecule has 3 rings (SSSR count). The first-order valence-electron chi connectivity index (χ1n) is 7.48. The van der Waals surface area contributed by atoms with E-state index in [9.17, 15) is 9.18 Å². The Bertz CT molecular complexity index is 979. The maximum absolute atomic E-state index is 13.3. The van der Waals surface area contributed by atoms with E-state index in [0.29, 0.717) is 22.4 Å². The molecule has 2 heterocycles. The molecule has 1 N–H and O–H groups in total. The molecular formula is C17H15Cl2FN4O. The molecule has 0 radical (unpaired) electrons. The zero-order valence-corrected chi connectivity index (χ0v) is 15.3. The van der Waals surface area contributed by atoms with E-state index >= 15 is 0 Å². The summed E-state index contributed by atoms with van der Waals surface area (Å²) in [7, 11) is 0. The minimum Gasteiger partial charge on any atom is -0.353 e. The predicted molar refractivity (Wildman–Crippen MR) is 97.3 cm³/mol. The van der Waals surface area contributed by atoms with Gasteiger partial charge in [0, 0.05) is 16.5 Å². The van der Waals surface area contributed by atoms with Gasteiger partial charge in [0.1, 0.15) is 5.82 Å². The SMILES string of the molecule is CC(C)(C)C(=O)n1ncc2cc(Nc3ccc(F)c(Cl)c3)c(Cl)nc21. The number of benzene rings is 1. The van der Waals surface area contributed by atoms with E-state index in [-0.39, 0.29) is 16.1 Å². The van der Waals surface area contributed by atoms with Crippen molar-refractivity contribution in [2.24, 2.45) is 5.41 Å². The van der Waals surface area contributed by atoms with Gasteiger partial charge in [-0.3, -0.25) is 4.79 Å². The Morgan fingerprint density at radius 1 is 1.24 bits per heavy atom. The molecular weight excluding hydrogens is 366 g/mol. The maximum atomic E-state index is 13.3. The Morgan fingerprint density at radius 2 is 1.96 bits per heavy atom. The summed E-state index contributed by atoms with van der Waals surface area (Å²) in [6, 6.07) is 5.96. The average Bonchev–Trinajstić information content (AvgIpc) is 2.92. The Hall–Kier alpha value is -2.18. The van der Waals surface area contributed by atoms with Crippen molar-refractivity contribution < 1.29 is 9.18 Å². The predicted octanol–water partition coefficient (Wildman–Crippen LogP) is 5.31. The highest BCUT2D eigenvalue weighted by Crippen LogP contribution is 2.30. The molecule has 0 fully saturated rings. The minimum absolute atomic E-state index is 0.00115. The Balaban J connectivity index is 2.00. The number of carbonyl (C=O) groups excluding carboxylic acids is 1. The van der Waals surface area contributed by atoms with Crippen molar-refractivity contribution in [1.82, 2.24) is 14.8 Å². The average molecular weight is 381 g/mol. The van der Waals surface area contributed by atoms with Gasteiger partial charge in [0.05, 0.1) is 16.9 Å². The summed E-state index contributed by atoms with van der Waals surface area (Å²) in [6.07, 6.45) is 1.55. The smallest absolute Gasteiger partial charge is 0.254 e. The Labute approximate surface area is 153 Å². The van der Waals surface area contributed by atoms with Crippen molar-refractivity contribution in [3.8, 4) is 0 Å². The normalized spacial score (nSPS) is 11.8. The molecule has 0 spiro atoms. The maximum Gasteiger partial charge on any atom is 0.254 e. The lowest BCUT2D eigenvalue weighted by atomic mass is 9.96. The van der Waals surface area contributed by atoms with E-state index in [2.05, 4.69) is 15.4 Å². The number of pyridine rings is 1. The van der Waals surface area contributed by atoms with Gasteiger partial charge >= 0.3 is 0 Å². The van der Waals surface area contributed by atoms with Crippen molar-refractivity contribution in [2.75, 3.05) is 5.32 Å². The van der Waals surface area contributed by atoms with Crippen LogP contribution in [-0.2, 0) is 0 Å². The van der Waals surface area contributed by atoms with Crippen LogP contribution >= 0.6 is 23.2 Å². The van der Waals surface area contributed by atoms with E-state index in [1.54, 1.807) is 33.0 Å². The van der Waals surface area contributed by atoms with E-state index < -0.39 is 11.2 Å². The van der Waals surface area contributed by atoms with Crippen LogP contribution in [0.25, 0.3) is 11.0 Å². The molecule has 0 bridgehead atoms. The fraction of sp³-hybridized carbons (Fsp3) is 0.235. The van der Waals surface area contributed by atoms with Crippen molar-refractivity contribution in [2.45, 2.75) is 20.8 Å². The van der Waals surface area contributed by atoms with Gasteiger partial charge in [-0.25, -0.2) is 9.37 Å². The number of fused-ring (bicyclic) bond motifs is 1. The van der Waals surface area contributed by atoms with E-state index in [1.807, 2.05) is 0 Å². The molecule has 3 aromatic rings. The van der Waals surface area contributed by atoms with Crippen molar-refractivity contribution in [3.05, 3.63) is 46.5 Å². The zero-order valence-electron chi connectivity index (χ0n) is 13.8. The molecule has 2 aromatic heterocycles. The van der Waals surface area contributed by atoms with Gasteiger partial charge in [-0.05, 0) is 24.3 Å². The molecule has 130 valence electrons. The van der Waals surface area contributed by atoms with Gasteiger partial charge in [0.25, 0.3) is 5.91 Å². The highest BCUT2D eigenvalue weighted by Gasteiger charge is 2.26. The lowest BCUT2D eigenvalue weighted by Gasteiger charge is -2.16. The summed E-state index contributed by atoms with van der Waals surface area (Å²) < 4.78 is 14.5. The molecule has 0 saturated heterocycles. The van der Waals surface area contributed by atoms with Gasteiger partial charge in [-0.1, -0.05) is 44.0 Å².